The highest BCUT2D eigenvalue weighted by molar-refractivity contribution is 5.71. The highest BCUT2D eigenvalue weighted by Crippen LogP contribution is 2.60. The van der Waals surface area contributed by atoms with Gasteiger partial charge in [-0.1, -0.05) is 19.1 Å². The van der Waals surface area contributed by atoms with Crippen LogP contribution in [0.15, 0.2) is 12.2 Å². The molecule has 2 bridgehead atoms. The summed E-state index contributed by atoms with van der Waals surface area (Å²) in [5, 5.41) is 0. The summed E-state index contributed by atoms with van der Waals surface area (Å²) in [5.41, 5.74) is -4.20. The minimum atomic E-state index is -5.64. The van der Waals surface area contributed by atoms with Gasteiger partial charge in [-0.25, -0.2) is 4.79 Å². The normalized spacial score (nSPS) is 27.3. The van der Waals surface area contributed by atoms with Gasteiger partial charge in [0.15, 0.2) is 0 Å². The van der Waals surface area contributed by atoms with Crippen LogP contribution in [-0.4, -0.2) is 41.5 Å². The van der Waals surface area contributed by atoms with Gasteiger partial charge in [0.25, 0.3) is 0 Å². The van der Waals surface area contributed by atoms with E-state index >= 15 is 0 Å². The number of likely N-dealkylation sites (tertiary alicyclic amines) is 1. The molecule has 1 amide bonds. The number of rotatable bonds is 2. The molecule has 1 aliphatic heterocycles. The average Bonchev–Trinajstić information content (AvgIpc) is 2.91. The Labute approximate surface area is 116 Å². The largest absolute Gasteiger partial charge is 0.449 e. The van der Waals surface area contributed by atoms with Gasteiger partial charge >= 0.3 is 18.4 Å². The summed E-state index contributed by atoms with van der Waals surface area (Å²) in [6.45, 7) is 1.35. The molecular formula is C12H13F6NO2. The lowest BCUT2D eigenvalue weighted by atomic mass is 9.83. The van der Waals surface area contributed by atoms with E-state index in [-0.39, 0.29) is 11.5 Å². The standard InChI is InChI=1S/C12H13F6NO2/c1-2-5-21-9(20)19-8-4-3-7(6-8)10(19,11(13,14)15)12(16,17)18/h3-4,7-8H,2,5-6H2,1H3/t7-,8-/m0/s1. The van der Waals surface area contributed by atoms with Crippen LogP contribution in [0.1, 0.15) is 19.8 Å². The number of halogens is 6. The van der Waals surface area contributed by atoms with Gasteiger partial charge in [-0.3, -0.25) is 4.90 Å². The summed E-state index contributed by atoms with van der Waals surface area (Å²) >= 11 is 0. The molecule has 0 aromatic carbocycles. The van der Waals surface area contributed by atoms with Gasteiger partial charge in [0.05, 0.1) is 12.6 Å². The summed E-state index contributed by atoms with van der Waals surface area (Å²) < 4.78 is 84.3. The van der Waals surface area contributed by atoms with E-state index in [0.717, 1.165) is 6.08 Å². The fourth-order valence-electron chi connectivity index (χ4n) is 3.01. The van der Waals surface area contributed by atoms with Gasteiger partial charge in [-0.15, -0.1) is 0 Å². The number of carbonyl (C=O) groups is 1. The Morgan fingerprint density at radius 2 is 1.81 bits per heavy atom. The van der Waals surface area contributed by atoms with Crippen LogP contribution in [0.2, 0.25) is 0 Å². The summed E-state index contributed by atoms with van der Waals surface area (Å²) in [6.07, 6.45) is -10.9. The molecular weight excluding hydrogens is 304 g/mol. The summed E-state index contributed by atoms with van der Waals surface area (Å²) in [4.78, 5) is 11.6. The van der Waals surface area contributed by atoms with Gasteiger partial charge in [-0.05, 0) is 12.8 Å². The number of alkyl halides is 6. The van der Waals surface area contributed by atoms with E-state index in [9.17, 15) is 31.1 Å². The Morgan fingerprint density at radius 3 is 2.29 bits per heavy atom. The maximum absolute atomic E-state index is 13.3. The Bertz CT molecular complexity index is 442. The number of hydrogen-bond acceptors (Lipinski definition) is 2. The predicted molar refractivity (Wildman–Crippen MR) is 59.4 cm³/mol. The third-order valence-corrected chi connectivity index (χ3v) is 3.80. The second-order valence-electron chi connectivity index (χ2n) is 5.04. The molecule has 0 aromatic heterocycles. The van der Waals surface area contributed by atoms with Crippen molar-refractivity contribution >= 4 is 6.09 Å². The van der Waals surface area contributed by atoms with Crippen LogP contribution >= 0.6 is 0 Å². The van der Waals surface area contributed by atoms with Gasteiger partial charge < -0.3 is 4.74 Å². The highest BCUT2D eigenvalue weighted by Gasteiger charge is 2.82. The Morgan fingerprint density at radius 1 is 1.24 bits per heavy atom. The molecule has 0 aromatic rings. The van der Waals surface area contributed by atoms with Crippen molar-refractivity contribution in [1.82, 2.24) is 4.90 Å². The molecule has 3 nitrogen and oxygen atoms in total. The third-order valence-electron chi connectivity index (χ3n) is 3.80. The molecule has 1 fully saturated rings. The smallest absolute Gasteiger partial charge is 0.421 e. The van der Waals surface area contributed by atoms with Crippen LogP contribution < -0.4 is 0 Å². The van der Waals surface area contributed by atoms with E-state index in [1.54, 1.807) is 6.92 Å². The van der Waals surface area contributed by atoms with E-state index in [2.05, 4.69) is 4.74 Å². The van der Waals surface area contributed by atoms with Crippen LogP contribution in [0.5, 0.6) is 0 Å². The fraction of sp³-hybridized carbons (Fsp3) is 0.750. The van der Waals surface area contributed by atoms with Crippen LogP contribution in [0, 0.1) is 5.92 Å². The summed E-state index contributed by atoms with van der Waals surface area (Å²) in [5.74, 6) is -1.84. The maximum Gasteiger partial charge on any atom is 0.421 e. The first-order valence-electron chi connectivity index (χ1n) is 6.35. The van der Waals surface area contributed by atoms with Crippen molar-refractivity contribution in [1.29, 1.82) is 0 Å². The number of hydrogen-bond donors (Lipinski definition) is 0. The SMILES string of the molecule is CCCOC(=O)N1[C@H]2C=C[C@@H](C2)C1(C(F)(F)F)C(F)(F)F. The van der Waals surface area contributed by atoms with Crippen molar-refractivity contribution in [2.75, 3.05) is 6.61 Å². The average molecular weight is 317 g/mol. The first-order valence-corrected chi connectivity index (χ1v) is 6.35. The van der Waals surface area contributed by atoms with Crippen LogP contribution in [0.4, 0.5) is 31.1 Å². The van der Waals surface area contributed by atoms with Crippen molar-refractivity contribution in [2.45, 2.75) is 43.7 Å². The number of carbonyl (C=O) groups excluding carboxylic acids is 1. The minimum absolute atomic E-state index is 0.187. The zero-order chi connectivity index (χ0) is 16.1. The lowest BCUT2D eigenvalue weighted by molar-refractivity contribution is -0.337. The van der Waals surface area contributed by atoms with Gasteiger partial charge in [0, 0.05) is 5.92 Å². The highest BCUT2D eigenvalue weighted by atomic mass is 19.4. The molecule has 21 heavy (non-hydrogen) atoms. The van der Waals surface area contributed by atoms with E-state index in [1.165, 1.54) is 6.08 Å². The first-order chi connectivity index (χ1) is 9.57. The molecule has 0 radical (unpaired) electrons. The van der Waals surface area contributed by atoms with Gasteiger partial charge in [0.2, 0.25) is 5.54 Å². The Balaban J connectivity index is 2.50. The summed E-state index contributed by atoms with van der Waals surface area (Å²) in [7, 11) is 0. The number of ether oxygens (including phenoxy) is 1. The lowest BCUT2D eigenvalue weighted by Gasteiger charge is -2.45. The Kier molecular flexibility index (Phi) is 3.66. The van der Waals surface area contributed by atoms with Crippen molar-refractivity contribution in [3.63, 3.8) is 0 Å². The third kappa shape index (κ3) is 2.08. The lowest BCUT2D eigenvalue weighted by Crippen LogP contribution is -2.70. The number of fused-ring (bicyclic) bond motifs is 2. The van der Waals surface area contributed by atoms with Crippen LogP contribution in [0.25, 0.3) is 0 Å². The van der Waals surface area contributed by atoms with Crippen molar-refractivity contribution in [3.05, 3.63) is 12.2 Å². The summed E-state index contributed by atoms with van der Waals surface area (Å²) in [6, 6.07) is -1.25. The van der Waals surface area contributed by atoms with Crippen molar-refractivity contribution in [2.24, 2.45) is 5.92 Å². The topological polar surface area (TPSA) is 29.5 Å². The first kappa shape index (κ1) is 16.0. The van der Waals surface area contributed by atoms with E-state index in [1.807, 2.05) is 0 Å². The van der Waals surface area contributed by atoms with E-state index in [4.69, 9.17) is 0 Å². The molecule has 0 saturated carbocycles. The van der Waals surface area contributed by atoms with Gasteiger partial charge in [-0.2, -0.15) is 26.3 Å². The fourth-order valence-corrected chi connectivity index (χ4v) is 3.01. The molecule has 1 heterocycles. The van der Waals surface area contributed by atoms with Crippen LogP contribution in [0.3, 0.4) is 0 Å². The van der Waals surface area contributed by atoms with Crippen molar-refractivity contribution < 1.29 is 35.9 Å². The number of amides is 1. The molecule has 120 valence electrons. The zero-order valence-corrected chi connectivity index (χ0v) is 11.0. The molecule has 0 unspecified atom stereocenters. The molecule has 1 saturated heterocycles. The molecule has 2 rings (SSSR count). The molecule has 0 spiro atoms. The maximum atomic E-state index is 13.3. The molecule has 0 N–H and O–H groups in total. The minimum Gasteiger partial charge on any atom is -0.449 e. The van der Waals surface area contributed by atoms with Crippen molar-refractivity contribution in [3.8, 4) is 0 Å². The predicted octanol–water partition coefficient (Wildman–Crippen LogP) is 3.66. The monoisotopic (exact) mass is 317 g/mol. The van der Waals surface area contributed by atoms with Gasteiger partial charge in [0.1, 0.15) is 0 Å². The van der Waals surface area contributed by atoms with E-state index < -0.39 is 42.4 Å². The van der Waals surface area contributed by atoms with Crippen LogP contribution in [-0.2, 0) is 4.74 Å². The molecule has 2 aliphatic rings. The molecule has 2 atom stereocenters. The second kappa shape index (κ2) is 4.81. The quantitative estimate of drug-likeness (QED) is 0.575. The molecule has 1 aliphatic carbocycles. The molecule has 9 heteroatoms. The Hall–Kier alpha value is -1.41. The number of nitrogens with zero attached hydrogens (tertiary/aromatic N) is 1. The zero-order valence-electron chi connectivity index (χ0n) is 11.0. The van der Waals surface area contributed by atoms with E-state index in [0.29, 0.717) is 6.42 Å². The second-order valence-corrected chi connectivity index (χ2v) is 5.04.